The van der Waals surface area contributed by atoms with Crippen molar-refractivity contribution in [2.45, 2.75) is 69.5 Å². The number of nitrogen functional groups attached to an aromatic ring is 1. The van der Waals surface area contributed by atoms with Gasteiger partial charge in [-0.2, -0.15) is 26.3 Å². The molecule has 1 atom stereocenters. The van der Waals surface area contributed by atoms with Crippen LogP contribution in [0.3, 0.4) is 0 Å². The number of thiophene rings is 1. The van der Waals surface area contributed by atoms with E-state index in [1.807, 2.05) is 10.8 Å². The highest BCUT2D eigenvalue weighted by molar-refractivity contribution is 7.08. The lowest BCUT2D eigenvalue weighted by Crippen LogP contribution is -2.55. The van der Waals surface area contributed by atoms with Crippen molar-refractivity contribution in [1.82, 2.24) is 24.5 Å². The van der Waals surface area contributed by atoms with Crippen LogP contribution < -0.4 is 11.1 Å². The summed E-state index contributed by atoms with van der Waals surface area (Å²) >= 11 is 1.49. The Morgan fingerprint density at radius 1 is 0.863 bits per heavy atom. The van der Waals surface area contributed by atoms with Crippen LogP contribution in [0.25, 0.3) is 0 Å². The molecule has 3 N–H and O–H groups in total. The van der Waals surface area contributed by atoms with Crippen LogP contribution in [0, 0.1) is 5.92 Å². The van der Waals surface area contributed by atoms with Gasteiger partial charge in [0.25, 0.3) is 0 Å². The van der Waals surface area contributed by atoms with E-state index >= 15 is 0 Å². The molecule has 5 heterocycles. The summed E-state index contributed by atoms with van der Waals surface area (Å²) in [6, 6.07) is 1.14. The van der Waals surface area contributed by atoms with Crippen molar-refractivity contribution in [2.75, 3.05) is 70.5 Å². The van der Waals surface area contributed by atoms with Crippen molar-refractivity contribution >= 4 is 40.6 Å². The van der Waals surface area contributed by atoms with Crippen LogP contribution in [0.4, 0.5) is 42.5 Å². The Hall–Kier alpha value is -3.57. The maximum absolute atomic E-state index is 14.1. The molecule has 0 saturated carbocycles. The average Bonchev–Trinajstić information content (AvgIpc) is 3.54. The highest BCUT2D eigenvalue weighted by Gasteiger charge is 2.42. The zero-order valence-corrected chi connectivity index (χ0v) is 29.2. The molecule has 0 radical (unpaired) electrons. The highest BCUT2D eigenvalue weighted by atomic mass is 32.1. The van der Waals surface area contributed by atoms with E-state index < -0.39 is 53.3 Å². The number of hydrogen-bond acceptors (Lipinski definition) is 7. The number of amides is 4. The lowest BCUT2D eigenvalue weighted by molar-refractivity contribution is -0.143. The van der Waals surface area contributed by atoms with E-state index in [1.165, 1.54) is 11.3 Å². The molecule has 51 heavy (non-hydrogen) atoms. The molecule has 3 fully saturated rings. The van der Waals surface area contributed by atoms with E-state index in [1.54, 1.807) is 14.7 Å². The largest absolute Gasteiger partial charge is 0.418 e. The molecule has 2 aromatic rings. The van der Waals surface area contributed by atoms with Gasteiger partial charge in [0.2, 0.25) is 11.8 Å². The molecule has 17 heteroatoms. The number of carbonyl (C=O) groups is 3. The molecule has 280 valence electrons. The first-order valence-corrected chi connectivity index (χ1v) is 18.2. The molecule has 3 saturated heterocycles. The number of piperazine rings is 1. The number of carbonyl (C=O) groups excluding carboxylic acids is 3. The minimum atomic E-state index is -5.17. The first-order valence-electron chi connectivity index (χ1n) is 17.3. The van der Waals surface area contributed by atoms with E-state index in [0.29, 0.717) is 63.7 Å². The SMILES string of the molecule is CN1CCC(N2CCN(C(=O)[C@H](CC(=O)N3CCC(N4Cc5cscc5NC4=O)CC3)Cc3cc(C(F)(F)F)c(N)c(C(F)(F)F)c3)CC2)CC1. The van der Waals surface area contributed by atoms with Gasteiger partial charge in [-0.05, 0) is 75.3 Å². The monoisotopic (exact) mass is 743 g/mol. The predicted octanol–water partition coefficient (Wildman–Crippen LogP) is 5.19. The summed E-state index contributed by atoms with van der Waals surface area (Å²) in [6.07, 6.45) is -8.25. The fourth-order valence-electron chi connectivity index (χ4n) is 7.82. The van der Waals surface area contributed by atoms with Crippen LogP contribution in [0.15, 0.2) is 22.9 Å². The number of halogens is 6. The third-order valence-electron chi connectivity index (χ3n) is 10.8. The molecule has 4 amide bonds. The number of nitrogens with zero attached hydrogens (tertiary/aromatic N) is 5. The second-order valence-corrected chi connectivity index (χ2v) is 14.8. The van der Waals surface area contributed by atoms with E-state index in [9.17, 15) is 40.7 Å². The second-order valence-electron chi connectivity index (χ2n) is 14.1. The van der Waals surface area contributed by atoms with Gasteiger partial charge in [-0.15, -0.1) is 11.3 Å². The molecule has 10 nitrogen and oxygen atoms in total. The van der Waals surface area contributed by atoms with Gasteiger partial charge in [-0.1, -0.05) is 0 Å². The van der Waals surface area contributed by atoms with Crippen LogP contribution in [0.1, 0.15) is 54.4 Å². The second kappa shape index (κ2) is 14.8. The average molecular weight is 744 g/mol. The number of fused-ring (bicyclic) bond motifs is 1. The quantitative estimate of drug-likeness (QED) is 0.299. The number of alkyl halides is 6. The molecular weight excluding hydrogens is 700 g/mol. The Morgan fingerprint density at radius 3 is 2.04 bits per heavy atom. The number of benzene rings is 1. The van der Waals surface area contributed by atoms with Gasteiger partial charge in [0, 0.05) is 68.7 Å². The number of rotatable bonds is 7. The topological polar surface area (TPSA) is 105 Å². The Balaban J connectivity index is 1.17. The van der Waals surface area contributed by atoms with Gasteiger partial charge in [0.15, 0.2) is 0 Å². The summed E-state index contributed by atoms with van der Waals surface area (Å²) in [6.45, 7) is 4.82. The fraction of sp³-hybridized carbons (Fsp3) is 0.618. The fourth-order valence-corrected chi connectivity index (χ4v) is 8.60. The Morgan fingerprint density at radius 2 is 1.45 bits per heavy atom. The van der Waals surface area contributed by atoms with Crippen LogP contribution in [0.5, 0.6) is 0 Å². The van der Waals surface area contributed by atoms with Gasteiger partial charge in [0.1, 0.15) is 0 Å². The van der Waals surface area contributed by atoms with Crippen molar-refractivity contribution in [1.29, 1.82) is 0 Å². The number of nitrogens with one attached hydrogen (secondary N) is 1. The van der Waals surface area contributed by atoms with Gasteiger partial charge < -0.3 is 30.7 Å². The minimum Gasteiger partial charge on any atom is -0.398 e. The molecule has 0 bridgehead atoms. The predicted molar refractivity (Wildman–Crippen MR) is 180 cm³/mol. The van der Waals surface area contributed by atoms with Gasteiger partial charge in [-0.25, -0.2) is 4.79 Å². The molecule has 0 unspecified atom stereocenters. The molecule has 0 spiro atoms. The smallest absolute Gasteiger partial charge is 0.398 e. The lowest BCUT2D eigenvalue weighted by Gasteiger charge is -2.43. The Kier molecular flexibility index (Phi) is 10.8. The summed E-state index contributed by atoms with van der Waals surface area (Å²) in [7, 11) is 2.07. The van der Waals surface area contributed by atoms with E-state index in [0.717, 1.165) is 37.2 Å². The van der Waals surface area contributed by atoms with E-state index in [4.69, 9.17) is 5.73 Å². The van der Waals surface area contributed by atoms with Crippen molar-refractivity contribution in [3.63, 3.8) is 0 Å². The summed E-state index contributed by atoms with van der Waals surface area (Å²) in [5, 5.41) is 6.74. The van der Waals surface area contributed by atoms with Crippen LogP contribution >= 0.6 is 11.3 Å². The summed E-state index contributed by atoms with van der Waals surface area (Å²) in [5.41, 5.74) is 2.11. The minimum absolute atomic E-state index is 0.128. The Bertz CT molecular complexity index is 1560. The number of piperidine rings is 2. The Labute approximate surface area is 296 Å². The zero-order chi connectivity index (χ0) is 36.7. The van der Waals surface area contributed by atoms with Gasteiger partial charge in [0.05, 0.1) is 35.0 Å². The first kappa shape index (κ1) is 37.2. The molecule has 6 rings (SSSR count). The molecule has 4 aliphatic heterocycles. The first-order chi connectivity index (χ1) is 24.1. The van der Waals surface area contributed by atoms with E-state index in [2.05, 4.69) is 22.2 Å². The standard InChI is InChI=1S/C34H43F6N7O3S/c1-43-6-2-24(3-7-43)44-10-12-46(13-11-44)31(49)22(14-21-15-26(33(35,36)37)30(41)27(16-21)34(38,39)40)17-29(48)45-8-4-25(5-9-45)47-18-23-19-51-20-28(23)42-32(47)50/h15-16,19-20,22,24-25H,2-14,17-18,41H2,1H3,(H,42,50)/t22-/m0/s1. The zero-order valence-electron chi connectivity index (χ0n) is 28.4. The maximum atomic E-state index is 14.1. The number of likely N-dealkylation sites (tertiary alicyclic amines) is 2. The molecule has 1 aromatic carbocycles. The van der Waals surface area contributed by atoms with Gasteiger partial charge in [-0.3, -0.25) is 14.5 Å². The number of anilines is 2. The van der Waals surface area contributed by atoms with Crippen LogP contribution in [-0.4, -0.2) is 114 Å². The summed E-state index contributed by atoms with van der Waals surface area (Å²) in [4.78, 5) is 50.0. The van der Waals surface area contributed by atoms with E-state index in [-0.39, 0.29) is 37.1 Å². The molecule has 4 aliphatic rings. The van der Waals surface area contributed by atoms with Crippen molar-refractivity contribution in [3.05, 3.63) is 45.1 Å². The summed E-state index contributed by atoms with van der Waals surface area (Å²) in [5.74, 6) is -2.08. The summed E-state index contributed by atoms with van der Waals surface area (Å²) < 4.78 is 83.3. The number of nitrogens with two attached hydrogens (primary N) is 1. The maximum Gasteiger partial charge on any atom is 0.418 e. The van der Waals surface area contributed by atoms with Crippen LogP contribution in [0.2, 0.25) is 0 Å². The van der Waals surface area contributed by atoms with Crippen LogP contribution in [-0.2, 0) is 34.9 Å². The third kappa shape index (κ3) is 8.40. The molecule has 1 aromatic heterocycles. The van der Waals surface area contributed by atoms with Crippen molar-refractivity contribution in [2.24, 2.45) is 5.92 Å². The highest BCUT2D eigenvalue weighted by Crippen LogP contribution is 2.42. The lowest BCUT2D eigenvalue weighted by atomic mass is 9.90. The van der Waals surface area contributed by atoms with Crippen molar-refractivity contribution < 1.29 is 40.7 Å². The number of urea groups is 1. The molecular formula is C34H43F6N7O3S. The molecule has 0 aliphatic carbocycles. The van der Waals surface area contributed by atoms with Gasteiger partial charge >= 0.3 is 18.4 Å². The third-order valence-corrected chi connectivity index (χ3v) is 11.6. The normalized spacial score (nSPS) is 21.1. The number of hydrogen-bond donors (Lipinski definition) is 2. The van der Waals surface area contributed by atoms with Crippen molar-refractivity contribution in [3.8, 4) is 0 Å².